The second kappa shape index (κ2) is 6.68. The van der Waals surface area contributed by atoms with Crippen LogP contribution < -0.4 is 10.9 Å². The van der Waals surface area contributed by atoms with Gasteiger partial charge in [0, 0.05) is 10.6 Å². The third-order valence-electron chi connectivity index (χ3n) is 2.93. The van der Waals surface area contributed by atoms with Crippen molar-refractivity contribution < 1.29 is 9.32 Å². The van der Waals surface area contributed by atoms with Crippen molar-refractivity contribution in [3.63, 3.8) is 0 Å². The van der Waals surface area contributed by atoms with Crippen LogP contribution in [0.5, 0.6) is 0 Å². The Balaban J connectivity index is 1.67. The number of hydrazine groups is 1. The Hall–Kier alpha value is -2.57. The van der Waals surface area contributed by atoms with Gasteiger partial charge in [-0.15, -0.1) is 0 Å². The van der Waals surface area contributed by atoms with Crippen molar-refractivity contribution in [2.45, 2.75) is 0 Å². The topological polar surface area (TPSA) is 80.0 Å². The molecular weight excluding hydrogens is 339 g/mol. The number of halogens is 2. The first-order valence-electron chi connectivity index (χ1n) is 6.54. The molecule has 0 saturated carbocycles. The second-order valence-corrected chi connectivity index (χ2v) is 5.33. The first-order chi connectivity index (χ1) is 11.1. The molecule has 1 amide bonds. The van der Waals surface area contributed by atoms with Gasteiger partial charge in [-0.05, 0) is 36.4 Å². The highest BCUT2D eigenvalue weighted by molar-refractivity contribution is 6.33. The zero-order valence-corrected chi connectivity index (χ0v) is 13.1. The normalized spacial score (nSPS) is 10.3. The van der Waals surface area contributed by atoms with E-state index in [2.05, 4.69) is 21.0 Å². The van der Waals surface area contributed by atoms with Crippen molar-refractivity contribution in [2.24, 2.45) is 0 Å². The Bertz CT molecular complexity index is 834. The number of amides is 1. The maximum Gasteiger partial charge on any atom is 0.340 e. The van der Waals surface area contributed by atoms with Crippen molar-refractivity contribution in [3.8, 4) is 11.4 Å². The molecule has 0 saturated heterocycles. The van der Waals surface area contributed by atoms with E-state index in [9.17, 15) is 4.79 Å². The lowest BCUT2D eigenvalue weighted by Crippen LogP contribution is -2.29. The summed E-state index contributed by atoms with van der Waals surface area (Å²) in [6, 6.07) is 13.7. The largest absolute Gasteiger partial charge is 0.340 e. The summed E-state index contributed by atoms with van der Waals surface area (Å²) < 4.78 is 5.01. The highest BCUT2D eigenvalue weighted by atomic mass is 35.5. The molecule has 0 bridgehead atoms. The van der Waals surface area contributed by atoms with Crippen LogP contribution in [0.2, 0.25) is 10.0 Å². The molecule has 0 unspecified atom stereocenters. The summed E-state index contributed by atoms with van der Waals surface area (Å²) in [6.07, 6.45) is 0. The average Bonchev–Trinajstić information content (AvgIpc) is 3.03. The van der Waals surface area contributed by atoms with Gasteiger partial charge in [-0.1, -0.05) is 40.5 Å². The molecule has 3 aromatic rings. The predicted molar refractivity (Wildman–Crippen MR) is 87.3 cm³/mol. The lowest BCUT2D eigenvalue weighted by Gasteiger charge is -2.05. The van der Waals surface area contributed by atoms with Gasteiger partial charge >= 0.3 is 6.01 Å². The highest BCUT2D eigenvalue weighted by Crippen LogP contribution is 2.20. The number of carbonyl (C=O) groups is 1. The lowest BCUT2D eigenvalue weighted by atomic mass is 10.2. The fraction of sp³-hybridized carbons (Fsp3) is 0. The van der Waals surface area contributed by atoms with E-state index in [1.54, 1.807) is 48.5 Å². The van der Waals surface area contributed by atoms with E-state index in [1.807, 2.05) is 0 Å². The zero-order chi connectivity index (χ0) is 16.2. The van der Waals surface area contributed by atoms with Gasteiger partial charge in [0.05, 0.1) is 10.6 Å². The number of aromatic nitrogens is 2. The smallest absolute Gasteiger partial charge is 0.313 e. The number of nitrogens with one attached hydrogen (secondary N) is 2. The number of hydrogen-bond donors (Lipinski definition) is 2. The third kappa shape index (κ3) is 3.61. The molecule has 1 heterocycles. The van der Waals surface area contributed by atoms with E-state index in [0.717, 1.165) is 5.56 Å². The van der Waals surface area contributed by atoms with Crippen LogP contribution in [0.25, 0.3) is 11.4 Å². The Morgan fingerprint density at radius 3 is 2.52 bits per heavy atom. The van der Waals surface area contributed by atoms with E-state index >= 15 is 0 Å². The van der Waals surface area contributed by atoms with Crippen LogP contribution in [0.4, 0.5) is 6.01 Å². The maximum atomic E-state index is 12.0. The molecule has 0 spiro atoms. The van der Waals surface area contributed by atoms with Crippen LogP contribution in [0, 0.1) is 0 Å². The Labute approximate surface area is 141 Å². The van der Waals surface area contributed by atoms with Gasteiger partial charge in [-0.25, -0.2) is 5.43 Å². The molecule has 23 heavy (non-hydrogen) atoms. The summed E-state index contributed by atoms with van der Waals surface area (Å²) >= 11 is 11.8. The molecule has 6 nitrogen and oxygen atoms in total. The van der Waals surface area contributed by atoms with Crippen LogP contribution in [0.1, 0.15) is 10.4 Å². The van der Waals surface area contributed by atoms with Crippen molar-refractivity contribution in [1.82, 2.24) is 15.6 Å². The minimum atomic E-state index is -0.415. The highest BCUT2D eigenvalue weighted by Gasteiger charge is 2.12. The SMILES string of the molecule is O=C(NNc1nc(-c2ccc(Cl)cc2)no1)c1ccccc1Cl. The number of benzene rings is 2. The number of anilines is 1. The monoisotopic (exact) mass is 348 g/mol. The quantitative estimate of drug-likeness (QED) is 0.701. The molecule has 0 aliphatic rings. The third-order valence-corrected chi connectivity index (χ3v) is 3.51. The van der Waals surface area contributed by atoms with E-state index < -0.39 is 5.91 Å². The minimum absolute atomic E-state index is 0.0513. The molecule has 0 atom stereocenters. The summed E-state index contributed by atoms with van der Waals surface area (Å²) in [6.45, 7) is 0. The summed E-state index contributed by atoms with van der Waals surface area (Å²) in [7, 11) is 0. The fourth-order valence-corrected chi connectivity index (χ4v) is 2.16. The van der Waals surface area contributed by atoms with Gasteiger partial charge < -0.3 is 4.52 Å². The van der Waals surface area contributed by atoms with E-state index in [-0.39, 0.29) is 6.01 Å². The molecule has 3 rings (SSSR count). The average molecular weight is 349 g/mol. The lowest BCUT2D eigenvalue weighted by molar-refractivity contribution is 0.0961. The molecule has 1 aromatic heterocycles. The molecule has 2 N–H and O–H groups in total. The molecule has 0 fully saturated rings. The summed E-state index contributed by atoms with van der Waals surface area (Å²) in [4.78, 5) is 16.1. The fourth-order valence-electron chi connectivity index (χ4n) is 1.81. The maximum absolute atomic E-state index is 12.0. The number of rotatable bonds is 4. The van der Waals surface area contributed by atoms with Crippen LogP contribution in [-0.4, -0.2) is 16.0 Å². The Morgan fingerprint density at radius 2 is 1.78 bits per heavy atom. The van der Waals surface area contributed by atoms with Gasteiger partial charge in [0.2, 0.25) is 5.82 Å². The first-order valence-corrected chi connectivity index (χ1v) is 7.29. The molecule has 116 valence electrons. The predicted octanol–water partition coefficient (Wildman–Crippen LogP) is 3.80. The van der Waals surface area contributed by atoms with E-state index in [4.69, 9.17) is 27.7 Å². The number of hydrogen-bond acceptors (Lipinski definition) is 5. The van der Waals surface area contributed by atoms with Crippen molar-refractivity contribution in [2.75, 3.05) is 5.43 Å². The van der Waals surface area contributed by atoms with Gasteiger partial charge in [0.25, 0.3) is 5.91 Å². The Morgan fingerprint density at radius 1 is 1.04 bits per heavy atom. The van der Waals surface area contributed by atoms with Crippen molar-refractivity contribution >= 4 is 35.1 Å². The standard InChI is InChI=1S/C15H10Cl2N4O2/c16-10-7-5-9(6-8-10)13-18-15(23-21-13)20-19-14(22)11-3-1-2-4-12(11)17/h1-8H,(H,19,22)(H,18,20,21). The molecule has 8 heteroatoms. The molecule has 0 aliphatic heterocycles. The Kier molecular flexibility index (Phi) is 4.45. The van der Waals surface area contributed by atoms with Crippen LogP contribution in [-0.2, 0) is 0 Å². The molecular formula is C15H10Cl2N4O2. The van der Waals surface area contributed by atoms with E-state index in [1.165, 1.54) is 0 Å². The molecule has 0 aliphatic carbocycles. The number of carbonyl (C=O) groups excluding carboxylic acids is 1. The second-order valence-electron chi connectivity index (χ2n) is 4.49. The van der Waals surface area contributed by atoms with E-state index in [0.29, 0.717) is 21.4 Å². The van der Waals surface area contributed by atoms with Crippen LogP contribution >= 0.6 is 23.2 Å². The van der Waals surface area contributed by atoms with Crippen LogP contribution in [0.3, 0.4) is 0 Å². The molecule has 2 aromatic carbocycles. The summed E-state index contributed by atoms with van der Waals surface area (Å²) in [5.41, 5.74) is 6.06. The van der Waals surface area contributed by atoms with Crippen LogP contribution in [0.15, 0.2) is 53.1 Å². The van der Waals surface area contributed by atoms with Gasteiger partial charge in [0.15, 0.2) is 0 Å². The number of nitrogens with zero attached hydrogens (tertiary/aromatic N) is 2. The van der Waals surface area contributed by atoms with Crippen molar-refractivity contribution in [1.29, 1.82) is 0 Å². The van der Waals surface area contributed by atoms with Crippen molar-refractivity contribution in [3.05, 3.63) is 64.1 Å². The van der Waals surface area contributed by atoms with Gasteiger partial charge in [-0.2, -0.15) is 4.98 Å². The summed E-state index contributed by atoms with van der Waals surface area (Å²) in [5, 5.41) is 4.78. The molecule has 0 radical (unpaired) electrons. The first kappa shape index (κ1) is 15.3. The van der Waals surface area contributed by atoms with Gasteiger partial charge in [0.1, 0.15) is 0 Å². The van der Waals surface area contributed by atoms with Gasteiger partial charge in [-0.3, -0.25) is 10.2 Å². The zero-order valence-electron chi connectivity index (χ0n) is 11.6. The minimum Gasteiger partial charge on any atom is -0.313 e. The summed E-state index contributed by atoms with van der Waals surface area (Å²) in [5.74, 6) is -0.0435.